The third-order valence-electron chi connectivity index (χ3n) is 5.07. The number of hydrogen-bond donors (Lipinski definition) is 1. The van der Waals surface area contributed by atoms with Crippen molar-refractivity contribution in [1.82, 2.24) is 19.4 Å². The maximum atomic E-state index is 15.5. The van der Waals surface area contributed by atoms with Crippen LogP contribution in [0.1, 0.15) is 22.5 Å². The predicted octanol–water partition coefficient (Wildman–Crippen LogP) is 2.27. The molecule has 0 unspecified atom stereocenters. The van der Waals surface area contributed by atoms with Gasteiger partial charge in [0.05, 0.1) is 24.6 Å². The Labute approximate surface area is 176 Å². The van der Waals surface area contributed by atoms with E-state index < -0.39 is 23.4 Å². The number of nitrogens with two attached hydrogens (primary N) is 1. The summed E-state index contributed by atoms with van der Waals surface area (Å²) in [6.45, 7) is 0.702. The summed E-state index contributed by atoms with van der Waals surface area (Å²) < 4.78 is 35.9. The second-order valence-electron chi connectivity index (χ2n) is 7.08. The first-order valence-corrected chi connectivity index (χ1v) is 9.46. The Bertz CT molecular complexity index is 1190. The third-order valence-corrected chi connectivity index (χ3v) is 5.07. The van der Waals surface area contributed by atoms with Gasteiger partial charge in [-0.25, -0.2) is 14.4 Å². The summed E-state index contributed by atoms with van der Waals surface area (Å²) in [4.78, 5) is 22.6. The summed E-state index contributed by atoms with van der Waals surface area (Å²) in [6.07, 6.45) is 1.97. The average Bonchev–Trinajstić information content (AvgIpc) is 3.36. The number of amides is 1. The van der Waals surface area contributed by atoms with Crippen molar-refractivity contribution in [2.24, 2.45) is 5.73 Å². The smallest absolute Gasteiger partial charge is 0.277 e. The molecule has 2 aromatic heterocycles. The van der Waals surface area contributed by atoms with Gasteiger partial charge in [-0.05, 0) is 30.7 Å². The second kappa shape index (κ2) is 8.12. The number of ether oxygens (including phenoxy) is 1. The van der Waals surface area contributed by atoms with Crippen molar-refractivity contribution in [1.29, 1.82) is 5.26 Å². The molecule has 0 aliphatic carbocycles. The van der Waals surface area contributed by atoms with Gasteiger partial charge in [0, 0.05) is 30.8 Å². The summed E-state index contributed by atoms with van der Waals surface area (Å²) in [7, 11) is 1.45. The van der Waals surface area contributed by atoms with Crippen LogP contribution in [0.15, 0.2) is 36.5 Å². The van der Waals surface area contributed by atoms with E-state index in [-0.39, 0.29) is 28.7 Å². The molecule has 1 amide bonds. The zero-order valence-corrected chi connectivity index (χ0v) is 16.5. The molecule has 0 bridgehead atoms. The van der Waals surface area contributed by atoms with Crippen molar-refractivity contribution in [3.63, 3.8) is 0 Å². The summed E-state index contributed by atoms with van der Waals surface area (Å²) in [6, 6.07) is 8.42. The molecule has 0 spiro atoms. The van der Waals surface area contributed by atoms with E-state index in [0.717, 1.165) is 10.6 Å². The lowest BCUT2D eigenvalue weighted by Gasteiger charge is -2.14. The monoisotopic (exact) mass is 424 g/mol. The molecule has 0 radical (unpaired) electrons. The average molecular weight is 424 g/mol. The van der Waals surface area contributed by atoms with Crippen LogP contribution in [-0.2, 0) is 0 Å². The van der Waals surface area contributed by atoms with Crippen LogP contribution in [0.25, 0.3) is 17.1 Å². The molecule has 3 heterocycles. The van der Waals surface area contributed by atoms with E-state index in [0.29, 0.717) is 25.4 Å². The quantitative estimate of drug-likeness (QED) is 0.688. The van der Waals surface area contributed by atoms with Gasteiger partial charge < -0.3 is 15.4 Å². The van der Waals surface area contributed by atoms with Crippen molar-refractivity contribution < 1.29 is 18.3 Å². The van der Waals surface area contributed by atoms with Crippen LogP contribution in [0.4, 0.5) is 8.78 Å². The number of nitriles is 1. The number of benzene rings is 1. The minimum absolute atomic E-state index is 0.000276. The molecule has 31 heavy (non-hydrogen) atoms. The van der Waals surface area contributed by atoms with E-state index in [1.54, 1.807) is 12.1 Å². The summed E-state index contributed by atoms with van der Waals surface area (Å²) in [5, 5.41) is 8.97. The maximum absolute atomic E-state index is 15.5. The first-order valence-electron chi connectivity index (χ1n) is 9.46. The largest absolute Gasteiger partial charge is 0.481 e. The maximum Gasteiger partial charge on any atom is 0.277 e. The number of nitrogens with zero attached hydrogens (tertiary/aromatic N) is 5. The summed E-state index contributed by atoms with van der Waals surface area (Å²) in [5.41, 5.74) is 5.78. The topological polar surface area (TPSA) is 110 Å². The van der Waals surface area contributed by atoms with Crippen molar-refractivity contribution in [3.05, 3.63) is 59.6 Å². The third kappa shape index (κ3) is 3.71. The second-order valence-corrected chi connectivity index (χ2v) is 7.08. The molecule has 1 aliphatic heterocycles. The SMILES string of the molecule is COc1ccc(-n2c(-c3ccc(C#N)c(F)c3)nc(C(=O)N3CC[C@H](N)C3)c2F)cn1. The fourth-order valence-electron chi connectivity index (χ4n) is 3.46. The van der Waals surface area contributed by atoms with Crippen molar-refractivity contribution in [3.8, 4) is 29.0 Å². The van der Waals surface area contributed by atoms with Crippen molar-refractivity contribution in [2.75, 3.05) is 20.2 Å². The van der Waals surface area contributed by atoms with Gasteiger partial charge in [-0.3, -0.25) is 9.36 Å². The molecule has 158 valence electrons. The number of methoxy groups -OCH3 is 1. The molecule has 8 nitrogen and oxygen atoms in total. The molecule has 1 aliphatic rings. The number of carbonyl (C=O) groups excluding carboxylic acids is 1. The predicted molar refractivity (Wildman–Crippen MR) is 106 cm³/mol. The molecule has 1 saturated heterocycles. The van der Waals surface area contributed by atoms with Gasteiger partial charge in [0.25, 0.3) is 5.91 Å². The summed E-state index contributed by atoms with van der Waals surface area (Å²) in [5.74, 6) is -1.96. The Morgan fingerprint density at radius 3 is 2.71 bits per heavy atom. The van der Waals surface area contributed by atoms with E-state index in [1.165, 1.54) is 36.4 Å². The van der Waals surface area contributed by atoms with E-state index >= 15 is 4.39 Å². The van der Waals surface area contributed by atoms with Crippen molar-refractivity contribution >= 4 is 5.91 Å². The lowest BCUT2D eigenvalue weighted by atomic mass is 10.1. The molecular weight excluding hydrogens is 406 g/mol. The lowest BCUT2D eigenvalue weighted by molar-refractivity contribution is 0.0780. The molecule has 1 fully saturated rings. The van der Waals surface area contributed by atoms with Gasteiger partial charge in [-0.1, -0.05) is 0 Å². The number of pyridine rings is 1. The zero-order chi connectivity index (χ0) is 22.1. The highest BCUT2D eigenvalue weighted by Crippen LogP contribution is 2.28. The standard InChI is InChI=1S/C21H18F2N6O2/c1-31-17-5-4-15(10-26-17)29-19(23)18(21(30)28-7-6-14(25)11-28)27-20(29)12-2-3-13(9-24)16(22)8-12/h2-5,8,10,14H,6-7,11,25H2,1H3/t14-/m0/s1. The van der Waals surface area contributed by atoms with Crippen LogP contribution in [-0.4, -0.2) is 51.6 Å². The highest BCUT2D eigenvalue weighted by atomic mass is 19.1. The molecule has 3 aromatic rings. The van der Waals surface area contributed by atoms with E-state index in [9.17, 15) is 9.18 Å². The lowest BCUT2D eigenvalue weighted by Crippen LogP contribution is -2.32. The van der Waals surface area contributed by atoms with Gasteiger partial charge in [-0.2, -0.15) is 9.65 Å². The molecule has 1 aromatic carbocycles. The van der Waals surface area contributed by atoms with Crippen LogP contribution in [0.5, 0.6) is 5.88 Å². The van der Waals surface area contributed by atoms with Crippen molar-refractivity contribution in [2.45, 2.75) is 12.5 Å². The number of hydrogen-bond acceptors (Lipinski definition) is 6. The van der Waals surface area contributed by atoms with E-state index in [4.69, 9.17) is 15.7 Å². The first-order chi connectivity index (χ1) is 14.9. The Kier molecular flexibility index (Phi) is 5.35. The normalized spacial score (nSPS) is 15.7. The molecule has 0 saturated carbocycles. The van der Waals surface area contributed by atoms with Gasteiger partial charge in [0.1, 0.15) is 17.7 Å². The molecule has 10 heteroatoms. The molecule has 4 rings (SSSR count). The number of carbonyl (C=O) groups is 1. The minimum atomic E-state index is -0.905. The number of aromatic nitrogens is 3. The number of imidazole rings is 1. The Hall–Kier alpha value is -3.84. The Balaban J connectivity index is 1.86. The fraction of sp³-hybridized carbons (Fsp3) is 0.238. The minimum Gasteiger partial charge on any atom is -0.481 e. The van der Waals surface area contributed by atoms with Crippen LogP contribution >= 0.6 is 0 Å². The van der Waals surface area contributed by atoms with Gasteiger partial charge in [0.2, 0.25) is 11.8 Å². The van der Waals surface area contributed by atoms with Gasteiger partial charge in [-0.15, -0.1) is 0 Å². The zero-order valence-electron chi connectivity index (χ0n) is 16.5. The van der Waals surface area contributed by atoms with Crippen LogP contribution in [0.3, 0.4) is 0 Å². The summed E-state index contributed by atoms with van der Waals surface area (Å²) >= 11 is 0. The molecule has 1 atom stereocenters. The first kappa shape index (κ1) is 20.4. The molecular formula is C21H18F2N6O2. The highest BCUT2D eigenvalue weighted by Gasteiger charge is 2.31. The number of rotatable bonds is 4. The van der Waals surface area contributed by atoms with Gasteiger partial charge >= 0.3 is 0 Å². The van der Waals surface area contributed by atoms with Crippen LogP contribution in [0, 0.1) is 23.1 Å². The molecule has 2 N–H and O–H groups in total. The van der Waals surface area contributed by atoms with Gasteiger partial charge in [0.15, 0.2) is 5.69 Å². The van der Waals surface area contributed by atoms with Crippen LogP contribution < -0.4 is 10.5 Å². The fourth-order valence-corrected chi connectivity index (χ4v) is 3.46. The van der Waals surface area contributed by atoms with E-state index in [1.807, 2.05) is 0 Å². The highest BCUT2D eigenvalue weighted by molar-refractivity contribution is 5.93. The number of likely N-dealkylation sites (tertiary alicyclic amines) is 1. The van der Waals surface area contributed by atoms with Crippen LogP contribution in [0.2, 0.25) is 0 Å². The Morgan fingerprint density at radius 1 is 1.32 bits per heavy atom. The number of halogens is 2. The Morgan fingerprint density at radius 2 is 2.13 bits per heavy atom. The van der Waals surface area contributed by atoms with E-state index in [2.05, 4.69) is 9.97 Å².